The third-order valence-corrected chi connectivity index (χ3v) is 3.90. The number of rotatable bonds is 4. The molecule has 7 heteroatoms. The van der Waals surface area contributed by atoms with Crippen LogP contribution >= 0.6 is 15.9 Å². The van der Waals surface area contributed by atoms with Crippen LogP contribution in [-0.4, -0.2) is 25.7 Å². The van der Waals surface area contributed by atoms with Gasteiger partial charge in [0.25, 0.3) is 5.91 Å². The predicted molar refractivity (Wildman–Crippen MR) is 90.4 cm³/mol. The van der Waals surface area contributed by atoms with E-state index in [1.54, 1.807) is 36.4 Å². The molecule has 2 aromatic rings. The summed E-state index contributed by atoms with van der Waals surface area (Å²) in [6, 6.07) is 12.1. The van der Waals surface area contributed by atoms with Crippen molar-refractivity contribution in [3.63, 3.8) is 0 Å². The summed E-state index contributed by atoms with van der Waals surface area (Å²) in [7, 11) is 0. The van der Waals surface area contributed by atoms with Gasteiger partial charge in [0.2, 0.25) is 0 Å². The zero-order chi connectivity index (χ0) is 16.9. The first-order valence-electron chi connectivity index (χ1n) is 7.17. The van der Waals surface area contributed by atoms with Gasteiger partial charge in [-0.3, -0.25) is 4.79 Å². The van der Waals surface area contributed by atoms with Gasteiger partial charge in [0.05, 0.1) is 17.3 Å². The van der Waals surface area contributed by atoms with Crippen LogP contribution in [0.15, 0.2) is 40.9 Å². The smallest absolute Gasteiger partial charge is 0.262 e. The predicted octanol–water partition coefficient (Wildman–Crippen LogP) is 3.11. The second-order valence-electron chi connectivity index (χ2n) is 4.95. The first kappa shape index (κ1) is 16.1. The van der Waals surface area contributed by atoms with Gasteiger partial charge in [-0.05, 0) is 34.1 Å². The van der Waals surface area contributed by atoms with Gasteiger partial charge in [-0.2, -0.15) is 5.26 Å². The number of halogens is 1. The lowest BCUT2D eigenvalue weighted by Crippen LogP contribution is -2.21. The van der Waals surface area contributed by atoms with Crippen LogP contribution in [0, 0.1) is 11.3 Å². The quantitative estimate of drug-likeness (QED) is 0.869. The van der Waals surface area contributed by atoms with Crippen molar-refractivity contribution in [2.75, 3.05) is 25.1 Å². The summed E-state index contributed by atoms with van der Waals surface area (Å²) < 4.78 is 17.1. The van der Waals surface area contributed by atoms with Crippen molar-refractivity contribution < 1.29 is 19.0 Å². The molecular weight excluding hydrogens is 376 g/mol. The normalized spacial score (nSPS) is 12.2. The highest BCUT2D eigenvalue weighted by Crippen LogP contribution is 2.38. The van der Waals surface area contributed by atoms with E-state index in [2.05, 4.69) is 21.2 Å². The Bertz CT molecular complexity index is 817. The third-order valence-electron chi connectivity index (χ3n) is 3.24. The number of amides is 1. The van der Waals surface area contributed by atoms with Crippen LogP contribution in [0.25, 0.3) is 0 Å². The van der Waals surface area contributed by atoms with Crippen molar-refractivity contribution in [1.82, 2.24) is 0 Å². The number of hydrogen-bond acceptors (Lipinski definition) is 5. The van der Waals surface area contributed by atoms with Crippen molar-refractivity contribution in [2.24, 2.45) is 0 Å². The highest BCUT2D eigenvalue weighted by Gasteiger charge is 2.16. The number of hydrogen-bond donors (Lipinski definition) is 1. The molecule has 1 aliphatic rings. The van der Waals surface area contributed by atoms with Crippen molar-refractivity contribution in [1.29, 1.82) is 5.26 Å². The number of nitrogens with zero attached hydrogens (tertiary/aromatic N) is 1. The van der Waals surface area contributed by atoms with Crippen molar-refractivity contribution in [3.8, 4) is 23.3 Å². The Hall–Kier alpha value is -2.72. The molecule has 0 atom stereocenters. The second-order valence-corrected chi connectivity index (χ2v) is 5.81. The molecule has 1 N–H and O–H groups in total. The number of anilines is 1. The fourth-order valence-corrected chi connectivity index (χ4v) is 2.57. The SMILES string of the molecule is N#Cc1cccc(OCC(=O)Nc2cc3c(cc2Br)OCCO3)c1. The van der Waals surface area contributed by atoms with Gasteiger partial charge in [0, 0.05) is 16.6 Å². The van der Waals surface area contributed by atoms with Gasteiger partial charge in [0.15, 0.2) is 18.1 Å². The molecule has 6 nitrogen and oxygen atoms in total. The van der Waals surface area contributed by atoms with E-state index in [-0.39, 0.29) is 12.5 Å². The molecule has 0 saturated carbocycles. The molecule has 1 aliphatic heterocycles. The molecule has 3 rings (SSSR count). The molecule has 24 heavy (non-hydrogen) atoms. The lowest BCUT2D eigenvalue weighted by atomic mass is 10.2. The van der Waals surface area contributed by atoms with E-state index in [9.17, 15) is 4.79 Å². The Kier molecular flexibility index (Phi) is 4.87. The molecule has 0 saturated heterocycles. The molecule has 0 bridgehead atoms. The largest absolute Gasteiger partial charge is 0.486 e. The maximum absolute atomic E-state index is 12.1. The summed E-state index contributed by atoms with van der Waals surface area (Å²) in [6.07, 6.45) is 0. The number of carbonyl (C=O) groups is 1. The molecule has 0 spiro atoms. The van der Waals surface area contributed by atoms with Crippen molar-refractivity contribution >= 4 is 27.5 Å². The first-order valence-corrected chi connectivity index (χ1v) is 7.97. The number of ether oxygens (including phenoxy) is 3. The molecule has 0 fully saturated rings. The summed E-state index contributed by atoms with van der Waals surface area (Å²) >= 11 is 3.39. The highest BCUT2D eigenvalue weighted by molar-refractivity contribution is 9.10. The summed E-state index contributed by atoms with van der Waals surface area (Å²) in [5, 5.41) is 11.6. The Balaban J connectivity index is 1.63. The minimum Gasteiger partial charge on any atom is -0.486 e. The Morgan fingerprint density at radius 2 is 2.00 bits per heavy atom. The van der Waals surface area contributed by atoms with Crippen LogP contribution < -0.4 is 19.5 Å². The summed E-state index contributed by atoms with van der Waals surface area (Å²) in [6.45, 7) is 0.802. The van der Waals surface area contributed by atoms with Crippen molar-refractivity contribution in [2.45, 2.75) is 0 Å². The van der Waals surface area contributed by atoms with E-state index < -0.39 is 0 Å². The maximum Gasteiger partial charge on any atom is 0.262 e. The second kappa shape index (κ2) is 7.23. The van der Waals surface area contributed by atoms with E-state index in [0.717, 1.165) is 0 Å². The van der Waals surface area contributed by atoms with Crippen LogP contribution in [0.1, 0.15) is 5.56 Å². The number of benzene rings is 2. The van der Waals surface area contributed by atoms with Gasteiger partial charge in [0.1, 0.15) is 19.0 Å². The monoisotopic (exact) mass is 388 g/mol. The Labute approximate surface area is 147 Å². The highest BCUT2D eigenvalue weighted by atomic mass is 79.9. The average molecular weight is 389 g/mol. The molecule has 2 aromatic carbocycles. The van der Waals surface area contributed by atoms with Crippen LogP contribution in [0.2, 0.25) is 0 Å². The standard InChI is InChI=1S/C17H13BrN2O4/c18-13-7-15-16(23-5-4-22-15)8-14(13)20-17(21)10-24-12-3-1-2-11(6-12)9-19/h1-3,6-8H,4-5,10H2,(H,20,21). The number of nitriles is 1. The lowest BCUT2D eigenvalue weighted by Gasteiger charge is -2.20. The molecule has 0 aliphatic carbocycles. The molecule has 1 amide bonds. The fourth-order valence-electron chi connectivity index (χ4n) is 2.15. The molecular formula is C17H13BrN2O4. The summed E-state index contributed by atoms with van der Waals surface area (Å²) in [4.78, 5) is 12.1. The fraction of sp³-hybridized carbons (Fsp3) is 0.176. The van der Waals surface area contributed by atoms with E-state index in [4.69, 9.17) is 19.5 Å². The molecule has 122 valence electrons. The van der Waals surface area contributed by atoms with E-state index in [1.807, 2.05) is 6.07 Å². The van der Waals surface area contributed by atoms with Crippen molar-refractivity contribution in [3.05, 3.63) is 46.4 Å². The minimum absolute atomic E-state index is 0.171. The Morgan fingerprint density at radius 3 is 2.75 bits per heavy atom. The Morgan fingerprint density at radius 1 is 1.25 bits per heavy atom. The molecule has 0 unspecified atom stereocenters. The number of fused-ring (bicyclic) bond motifs is 1. The summed E-state index contributed by atoms with van der Waals surface area (Å²) in [5.41, 5.74) is 1.04. The molecule has 0 aromatic heterocycles. The maximum atomic E-state index is 12.1. The van der Waals surface area contributed by atoms with Gasteiger partial charge in [-0.25, -0.2) is 0 Å². The van der Waals surface area contributed by atoms with Gasteiger partial charge in [-0.1, -0.05) is 6.07 Å². The van der Waals surface area contributed by atoms with E-state index in [0.29, 0.717) is 46.2 Å². The number of carbonyl (C=O) groups excluding carboxylic acids is 1. The van der Waals surface area contributed by atoms with E-state index in [1.165, 1.54) is 0 Å². The van der Waals surface area contributed by atoms with Crippen LogP contribution in [0.4, 0.5) is 5.69 Å². The summed E-state index contributed by atoms with van der Waals surface area (Å²) in [5.74, 6) is 1.36. The van der Waals surface area contributed by atoms with Gasteiger partial charge >= 0.3 is 0 Å². The van der Waals surface area contributed by atoms with E-state index >= 15 is 0 Å². The van der Waals surface area contributed by atoms with Crippen LogP contribution in [0.3, 0.4) is 0 Å². The zero-order valence-electron chi connectivity index (χ0n) is 12.5. The lowest BCUT2D eigenvalue weighted by molar-refractivity contribution is -0.118. The van der Waals surface area contributed by atoms with Gasteiger partial charge in [-0.15, -0.1) is 0 Å². The average Bonchev–Trinajstić information content (AvgIpc) is 2.61. The van der Waals surface area contributed by atoms with Crippen LogP contribution in [0.5, 0.6) is 17.2 Å². The molecule has 0 radical (unpaired) electrons. The molecule has 1 heterocycles. The topological polar surface area (TPSA) is 80.6 Å². The zero-order valence-corrected chi connectivity index (χ0v) is 14.1. The number of nitrogens with one attached hydrogen (secondary N) is 1. The van der Waals surface area contributed by atoms with Gasteiger partial charge < -0.3 is 19.5 Å². The van der Waals surface area contributed by atoms with Crippen LogP contribution in [-0.2, 0) is 4.79 Å². The minimum atomic E-state index is -0.324. The third kappa shape index (κ3) is 3.78. The first-order chi connectivity index (χ1) is 11.7.